The SMILES string of the molecule is COc1cc(Cl)c(O)c(C2CC(C(=O)O)CN2)c1. The third-order valence-electron chi connectivity index (χ3n) is 3.16. The first-order valence-corrected chi connectivity index (χ1v) is 5.93. The van der Waals surface area contributed by atoms with Crippen LogP contribution in [0.3, 0.4) is 0 Å². The van der Waals surface area contributed by atoms with Crippen LogP contribution in [-0.4, -0.2) is 29.8 Å². The van der Waals surface area contributed by atoms with Crippen LogP contribution < -0.4 is 10.1 Å². The van der Waals surface area contributed by atoms with E-state index in [-0.39, 0.29) is 16.8 Å². The van der Waals surface area contributed by atoms with Crippen LogP contribution in [0, 0.1) is 5.92 Å². The Morgan fingerprint density at radius 1 is 1.56 bits per heavy atom. The van der Waals surface area contributed by atoms with Crippen molar-refractivity contribution >= 4 is 17.6 Å². The molecular formula is C12H14ClNO4. The first kappa shape index (κ1) is 13.0. The molecule has 1 heterocycles. The van der Waals surface area contributed by atoms with Crippen molar-refractivity contribution in [2.75, 3.05) is 13.7 Å². The number of hydrogen-bond acceptors (Lipinski definition) is 4. The number of hydrogen-bond donors (Lipinski definition) is 3. The van der Waals surface area contributed by atoms with E-state index in [0.29, 0.717) is 24.3 Å². The van der Waals surface area contributed by atoms with Gasteiger partial charge in [-0.2, -0.15) is 0 Å². The van der Waals surface area contributed by atoms with Crippen molar-refractivity contribution in [3.63, 3.8) is 0 Å². The van der Waals surface area contributed by atoms with Gasteiger partial charge in [-0.3, -0.25) is 4.79 Å². The Kier molecular flexibility index (Phi) is 3.63. The maximum absolute atomic E-state index is 10.9. The monoisotopic (exact) mass is 271 g/mol. The minimum atomic E-state index is -0.835. The number of carboxylic acids is 1. The molecule has 0 spiro atoms. The van der Waals surface area contributed by atoms with E-state index in [1.807, 2.05) is 0 Å². The van der Waals surface area contributed by atoms with Gasteiger partial charge in [0.2, 0.25) is 0 Å². The molecule has 1 aromatic rings. The lowest BCUT2D eigenvalue weighted by Crippen LogP contribution is -2.17. The lowest BCUT2D eigenvalue weighted by molar-refractivity contribution is -0.141. The summed E-state index contributed by atoms with van der Waals surface area (Å²) in [6.45, 7) is 0.383. The predicted octanol–water partition coefficient (Wildman–Crippen LogP) is 1.79. The number of phenols is 1. The highest BCUT2D eigenvalue weighted by atomic mass is 35.5. The molecule has 0 aromatic heterocycles. The summed E-state index contributed by atoms with van der Waals surface area (Å²) in [6, 6.07) is 2.96. The zero-order valence-corrected chi connectivity index (χ0v) is 10.6. The molecule has 3 N–H and O–H groups in total. The third kappa shape index (κ3) is 2.37. The summed E-state index contributed by atoms with van der Waals surface area (Å²) in [4.78, 5) is 10.9. The first-order chi connectivity index (χ1) is 8.52. The van der Waals surface area contributed by atoms with Gasteiger partial charge in [0.05, 0.1) is 18.1 Å². The zero-order valence-electron chi connectivity index (χ0n) is 9.81. The number of halogens is 1. The van der Waals surface area contributed by atoms with Crippen LogP contribution in [-0.2, 0) is 4.79 Å². The van der Waals surface area contributed by atoms with Crippen molar-refractivity contribution in [3.05, 3.63) is 22.7 Å². The smallest absolute Gasteiger partial charge is 0.307 e. The van der Waals surface area contributed by atoms with E-state index in [2.05, 4.69) is 5.32 Å². The highest BCUT2D eigenvalue weighted by molar-refractivity contribution is 6.32. The highest BCUT2D eigenvalue weighted by Crippen LogP contribution is 2.39. The predicted molar refractivity (Wildman–Crippen MR) is 66.2 cm³/mol. The van der Waals surface area contributed by atoms with Gasteiger partial charge in [0, 0.05) is 24.2 Å². The molecule has 0 aliphatic carbocycles. The van der Waals surface area contributed by atoms with Gasteiger partial charge in [0.15, 0.2) is 0 Å². The van der Waals surface area contributed by atoms with Crippen LogP contribution in [0.5, 0.6) is 11.5 Å². The van der Waals surface area contributed by atoms with Gasteiger partial charge in [0.25, 0.3) is 0 Å². The zero-order chi connectivity index (χ0) is 13.3. The maximum Gasteiger partial charge on any atom is 0.307 e. The second-order valence-electron chi connectivity index (χ2n) is 4.28. The van der Waals surface area contributed by atoms with Crippen molar-refractivity contribution in [3.8, 4) is 11.5 Å². The van der Waals surface area contributed by atoms with E-state index < -0.39 is 11.9 Å². The average Bonchev–Trinajstić information content (AvgIpc) is 2.82. The van der Waals surface area contributed by atoms with Crippen molar-refractivity contribution in [2.24, 2.45) is 5.92 Å². The number of benzene rings is 1. The third-order valence-corrected chi connectivity index (χ3v) is 3.45. The lowest BCUT2D eigenvalue weighted by atomic mass is 9.99. The standard InChI is InChI=1S/C12H14ClNO4/c1-18-7-3-8(11(15)9(13)4-7)10-2-6(5-14-10)12(16)17/h3-4,6,10,14-15H,2,5H2,1H3,(H,16,17). The summed E-state index contributed by atoms with van der Waals surface area (Å²) in [5, 5.41) is 22.1. The Morgan fingerprint density at radius 3 is 2.83 bits per heavy atom. The number of ether oxygens (including phenoxy) is 1. The molecule has 5 nitrogen and oxygen atoms in total. The fraction of sp³-hybridized carbons (Fsp3) is 0.417. The number of aliphatic carboxylic acids is 1. The van der Waals surface area contributed by atoms with Crippen LogP contribution in [0.25, 0.3) is 0 Å². The van der Waals surface area contributed by atoms with Crippen LogP contribution >= 0.6 is 11.6 Å². The Hall–Kier alpha value is -1.46. The molecule has 0 saturated carbocycles. The molecule has 1 aliphatic heterocycles. The molecule has 1 aromatic carbocycles. The Balaban J connectivity index is 2.29. The van der Waals surface area contributed by atoms with Gasteiger partial charge in [0.1, 0.15) is 11.5 Å². The topological polar surface area (TPSA) is 78.8 Å². The minimum Gasteiger partial charge on any atom is -0.506 e. The molecule has 1 aliphatic rings. The molecule has 2 unspecified atom stereocenters. The van der Waals surface area contributed by atoms with Gasteiger partial charge in [-0.25, -0.2) is 0 Å². The molecule has 1 saturated heterocycles. The summed E-state index contributed by atoms with van der Waals surface area (Å²) in [5.74, 6) is -0.771. The first-order valence-electron chi connectivity index (χ1n) is 5.55. The molecule has 0 amide bonds. The molecule has 1 fully saturated rings. The molecule has 0 radical (unpaired) electrons. The molecule has 2 rings (SSSR count). The van der Waals surface area contributed by atoms with E-state index in [1.165, 1.54) is 13.2 Å². The van der Waals surface area contributed by atoms with E-state index in [0.717, 1.165) is 0 Å². The summed E-state index contributed by atoms with van der Waals surface area (Å²) < 4.78 is 5.08. The number of methoxy groups -OCH3 is 1. The fourth-order valence-corrected chi connectivity index (χ4v) is 2.36. The van der Waals surface area contributed by atoms with Crippen molar-refractivity contribution in [1.82, 2.24) is 5.32 Å². The van der Waals surface area contributed by atoms with Crippen molar-refractivity contribution in [1.29, 1.82) is 0 Å². The van der Waals surface area contributed by atoms with Crippen molar-refractivity contribution in [2.45, 2.75) is 12.5 Å². The molecule has 2 atom stereocenters. The van der Waals surface area contributed by atoms with Gasteiger partial charge in [-0.05, 0) is 12.5 Å². The van der Waals surface area contributed by atoms with Gasteiger partial charge < -0.3 is 20.3 Å². The molecule has 6 heteroatoms. The second-order valence-corrected chi connectivity index (χ2v) is 4.69. The molecule has 98 valence electrons. The number of phenolic OH excluding ortho intramolecular Hbond substituents is 1. The van der Waals surface area contributed by atoms with Gasteiger partial charge in [-0.15, -0.1) is 0 Å². The van der Waals surface area contributed by atoms with Crippen LogP contribution in [0.1, 0.15) is 18.0 Å². The largest absolute Gasteiger partial charge is 0.506 e. The lowest BCUT2D eigenvalue weighted by Gasteiger charge is -2.15. The Bertz CT molecular complexity index is 477. The van der Waals surface area contributed by atoms with E-state index in [9.17, 15) is 9.90 Å². The summed E-state index contributed by atoms with van der Waals surface area (Å²) in [6.07, 6.45) is 0.423. The number of carbonyl (C=O) groups is 1. The number of carboxylic acid groups (broad SMARTS) is 1. The maximum atomic E-state index is 10.9. The highest BCUT2D eigenvalue weighted by Gasteiger charge is 2.32. The molecular weight excluding hydrogens is 258 g/mol. The fourth-order valence-electron chi connectivity index (χ4n) is 2.14. The minimum absolute atomic E-state index is 0.0268. The van der Waals surface area contributed by atoms with E-state index in [1.54, 1.807) is 6.07 Å². The normalized spacial score (nSPS) is 23.0. The quantitative estimate of drug-likeness (QED) is 0.781. The Labute approximate surface area is 109 Å². The summed E-state index contributed by atoms with van der Waals surface area (Å²) in [5.41, 5.74) is 0.572. The number of nitrogens with one attached hydrogen (secondary N) is 1. The number of aromatic hydroxyl groups is 1. The molecule has 0 bridgehead atoms. The van der Waals surface area contributed by atoms with Crippen LogP contribution in [0.4, 0.5) is 0 Å². The van der Waals surface area contributed by atoms with E-state index >= 15 is 0 Å². The van der Waals surface area contributed by atoms with Crippen molar-refractivity contribution < 1.29 is 19.7 Å². The second kappa shape index (κ2) is 5.04. The van der Waals surface area contributed by atoms with Gasteiger partial charge >= 0.3 is 5.97 Å². The van der Waals surface area contributed by atoms with Crippen LogP contribution in [0.2, 0.25) is 5.02 Å². The summed E-state index contributed by atoms with van der Waals surface area (Å²) >= 11 is 5.90. The molecule has 18 heavy (non-hydrogen) atoms. The van der Waals surface area contributed by atoms with Gasteiger partial charge in [-0.1, -0.05) is 11.6 Å². The van der Waals surface area contributed by atoms with Crippen LogP contribution in [0.15, 0.2) is 12.1 Å². The average molecular weight is 272 g/mol. The summed E-state index contributed by atoms with van der Waals surface area (Å²) in [7, 11) is 1.51. The van der Waals surface area contributed by atoms with E-state index in [4.69, 9.17) is 21.4 Å². The Morgan fingerprint density at radius 2 is 2.28 bits per heavy atom. The number of rotatable bonds is 3.